The SMILES string of the molecule is Cl[C@H]1CCN(CCc2ccccc2)C1. The van der Waals surface area contributed by atoms with E-state index in [0.717, 1.165) is 25.9 Å². The number of benzene rings is 1. The molecule has 0 spiro atoms. The molecule has 76 valence electrons. The summed E-state index contributed by atoms with van der Waals surface area (Å²) in [5, 5.41) is 0.380. The Bertz CT molecular complexity index is 273. The predicted octanol–water partition coefficient (Wildman–Crippen LogP) is 2.54. The Balaban J connectivity index is 1.78. The van der Waals surface area contributed by atoms with E-state index in [2.05, 4.69) is 35.2 Å². The number of halogens is 1. The van der Waals surface area contributed by atoms with Gasteiger partial charge in [-0.25, -0.2) is 0 Å². The lowest BCUT2D eigenvalue weighted by atomic mass is 10.1. The molecule has 1 aromatic rings. The Labute approximate surface area is 90.7 Å². The zero-order valence-corrected chi connectivity index (χ0v) is 9.08. The van der Waals surface area contributed by atoms with Crippen LogP contribution in [0.15, 0.2) is 30.3 Å². The Morgan fingerprint density at radius 3 is 2.71 bits per heavy atom. The lowest BCUT2D eigenvalue weighted by Crippen LogP contribution is -2.23. The van der Waals surface area contributed by atoms with E-state index < -0.39 is 0 Å². The number of rotatable bonds is 3. The molecule has 0 saturated carbocycles. The second-order valence-corrected chi connectivity index (χ2v) is 4.54. The minimum Gasteiger partial charge on any atom is -0.301 e. The van der Waals surface area contributed by atoms with Crippen LogP contribution >= 0.6 is 11.6 Å². The van der Waals surface area contributed by atoms with Gasteiger partial charge in [-0.15, -0.1) is 11.6 Å². The Kier molecular flexibility index (Phi) is 3.44. The van der Waals surface area contributed by atoms with Crippen LogP contribution < -0.4 is 0 Å². The summed E-state index contributed by atoms with van der Waals surface area (Å²) in [6.07, 6.45) is 2.29. The fourth-order valence-corrected chi connectivity index (χ4v) is 2.21. The van der Waals surface area contributed by atoms with Gasteiger partial charge in [0.25, 0.3) is 0 Å². The number of nitrogens with zero attached hydrogens (tertiary/aromatic N) is 1. The third kappa shape index (κ3) is 2.73. The van der Waals surface area contributed by atoms with Crippen molar-refractivity contribution < 1.29 is 0 Å². The van der Waals surface area contributed by atoms with E-state index in [1.54, 1.807) is 0 Å². The van der Waals surface area contributed by atoms with Crippen LogP contribution in [-0.4, -0.2) is 29.9 Å². The molecule has 2 rings (SSSR count). The van der Waals surface area contributed by atoms with Gasteiger partial charge >= 0.3 is 0 Å². The van der Waals surface area contributed by atoms with Gasteiger partial charge in [-0.3, -0.25) is 0 Å². The first-order valence-corrected chi connectivity index (χ1v) is 5.68. The second-order valence-electron chi connectivity index (χ2n) is 3.92. The van der Waals surface area contributed by atoms with Gasteiger partial charge in [0.2, 0.25) is 0 Å². The monoisotopic (exact) mass is 209 g/mol. The molecule has 0 aromatic heterocycles. The molecule has 0 N–H and O–H groups in total. The van der Waals surface area contributed by atoms with Crippen molar-refractivity contribution in [3.8, 4) is 0 Å². The molecule has 14 heavy (non-hydrogen) atoms. The van der Waals surface area contributed by atoms with Gasteiger partial charge in [-0.2, -0.15) is 0 Å². The number of hydrogen-bond donors (Lipinski definition) is 0. The lowest BCUT2D eigenvalue weighted by molar-refractivity contribution is 0.344. The quantitative estimate of drug-likeness (QED) is 0.692. The molecular weight excluding hydrogens is 194 g/mol. The number of hydrogen-bond acceptors (Lipinski definition) is 1. The topological polar surface area (TPSA) is 3.24 Å². The van der Waals surface area contributed by atoms with E-state index in [4.69, 9.17) is 11.6 Å². The Morgan fingerprint density at radius 1 is 1.29 bits per heavy atom. The lowest BCUT2D eigenvalue weighted by Gasteiger charge is -2.14. The molecule has 0 aliphatic carbocycles. The van der Waals surface area contributed by atoms with Crippen LogP contribution in [0.3, 0.4) is 0 Å². The summed E-state index contributed by atoms with van der Waals surface area (Å²) >= 11 is 6.05. The van der Waals surface area contributed by atoms with Crippen LogP contribution in [0.1, 0.15) is 12.0 Å². The molecule has 2 heteroatoms. The molecule has 0 unspecified atom stereocenters. The molecule has 1 nitrogen and oxygen atoms in total. The van der Waals surface area contributed by atoms with E-state index >= 15 is 0 Å². The van der Waals surface area contributed by atoms with E-state index in [1.807, 2.05) is 0 Å². The largest absolute Gasteiger partial charge is 0.301 e. The maximum Gasteiger partial charge on any atom is 0.0475 e. The molecule has 0 radical (unpaired) electrons. The molecule has 1 fully saturated rings. The van der Waals surface area contributed by atoms with Crippen LogP contribution in [0.25, 0.3) is 0 Å². The van der Waals surface area contributed by atoms with Crippen LogP contribution in [0, 0.1) is 0 Å². The first kappa shape index (κ1) is 10.0. The smallest absolute Gasteiger partial charge is 0.0475 e. The molecule has 1 atom stereocenters. The minimum atomic E-state index is 0.380. The average molecular weight is 210 g/mol. The van der Waals surface area contributed by atoms with Crippen molar-refractivity contribution in [3.63, 3.8) is 0 Å². The van der Waals surface area contributed by atoms with Gasteiger partial charge in [0.15, 0.2) is 0 Å². The Hall–Kier alpha value is -0.530. The molecule has 0 bridgehead atoms. The van der Waals surface area contributed by atoms with Gasteiger partial charge in [0, 0.05) is 18.5 Å². The van der Waals surface area contributed by atoms with Crippen molar-refractivity contribution in [2.24, 2.45) is 0 Å². The first-order chi connectivity index (χ1) is 6.84. The van der Waals surface area contributed by atoms with Crippen LogP contribution in [0.2, 0.25) is 0 Å². The van der Waals surface area contributed by atoms with E-state index in [-0.39, 0.29) is 0 Å². The van der Waals surface area contributed by atoms with Crippen molar-refractivity contribution in [2.45, 2.75) is 18.2 Å². The third-order valence-corrected chi connectivity index (χ3v) is 3.13. The summed E-state index contributed by atoms with van der Waals surface area (Å²) in [5.74, 6) is 0. The zero-order valence-electron chi connectivity index (χ0n) is 8.32. The van der Waals surface area contributed by atoms with Gasteiger partial charge in [0.05, 0.1) is 0 Å². The summed E-state index contributed by atoms with van der Waals surface area (Å²) in [7, 11) is 0. The fourth-order valence-electron chi connectivity index (χ4n) is 1.92. The molecule has 1 aliphatic heterocycles. The van der Waals surface area contributed by atoms with Crippen LogP contribution in [-0.2, 0) is 6.42 Å². The summed E-state index contributed by atoms with van der Waals surface area (Å²) in [4.78, 5) is 2.45. The normalized spacial score (nSPS) is 22.8. The summed E-state index contributed by atoms with van der Waals surface area (Å²) < 4.78 is 0. The fraction of sp³-hybridized carbons (Fsp3) is 0.500. The van der Waals surface area contributed by atoms with Crippen molar-refractivity contribution in [3.05, 3.63) is 35.9 Å². The predicted molar refractivity (Wildman–Crippen MR) is 60.8 cm³/mol. The van der Waals surface area contributed by atoms with Crippen molar-refractivity contribution in [2.75, 3.05) is 19.6 Å². The van der Waals surface area contributed by atoms with E-state index in [1.165, 1.54) is 12.1 Å². The van der Waals surface area contributed by atoms with Crippen molar-refractivity contribution in [1.29, 1.82) is 0 Å². The molecule has 1 aromatic carbocycles. The highest BCUT2D eigenvalue weighted by molar-refractivity contribution is 6.20. The standard InChI is InChI=1S/C12H16ClN/c13-12-7-9-14(10-12)8-6-11-4-2-1-3-5-11/h1-5,12H,6-10H2/t12-/m0/s1. The molecule has 1 aliphatic rings. The summed E-state index contributed by atoms with van der Waals surface area (Å²) in [6, 6.07) is 10.6. The molecule has 0 amide bonds. The molecule has 1 saturated heterocycles. The highest BCUT2D eigenvalue weighted by Gasteiger charge is 2.19. The van der Waals surface area contributed by atoms with E-state index in [0.29, 0.717) is 5.38 Å². The molecule has 1 heterocycles. The average Bonchev–Trinajstić information content (AvgIpc) is 2.63. The third-order valence-electron chi connectivity index (χ3n) is 2.77. The number of likely N-dealkylation sites (tertiary alicyclic amines) is 1. The molecular formula is C12H16ClN. The van der Waals surface area contributed by atoms with Gasteiger partial charge in [-0.05, 0) is 24.9 Å². The first-order valence-electron chi connectivity index (χ1n) is 5.25. The highest BCUT2D eigenvalue weighted by Crippen LogP contribution is 2.14. The van der Waals surface area contributed by atoms with Gasteiger partial charge < -0.3 is 4.90 Å². The van der Waals surface area contributed by atoms with Crippen LogP contribution in [0.5, 0.6) is 0 Å². The van der Waals surface area contributed by atoms with Gasteiger partial charge in [0.1, 0.15) is 0 Å². The maximum atomic E-state index is 6.05. The van der Waals surface area contributed by atoms with Crippen molar-refractivity contribution in [1.82, 2.24) is 4.90 Å². The second kappa shape index (κ2) is 4.81. The maximum absolute atomic E-state index is 6.05. The summed E-state index contributed by atoms with van der Waals surface area (Å²) in [6.45, 7) is 3.38. The van der Waals surface area contributed by atoms with Gasteiger partial charge in [-0.1, -0.05) is 30.3 Å². The summed E-state index contributed by atoms with van der Waals surface area (Å²) in [5.41, 5.74) is 1.42. The number of alkyl halides is 1. The van der Waals surface area contributed by atoms with E-state index in [9.17, 15) is 0 Å². The van der Waals surface area contributed by atoms with Crippen molar-refractivity contribution >= 4 is 11.6 Å². The zero-order chi connectivity index (χ0) is 9.80. The minimum absolute atomic E-state index is 0.380. The Morgan fingerprint density at radius 2 is 2.07 bits per heavy atom. The van der Waals surface area contributed by atoms with Crippen LogP contribution in [0.4, 0.5) is 0 Å². The highest BCUT2D eigenvalue weighted by atomic mass is 35.5.